The molecular formula is C32H50Cl2N2. The number of hydrogen-bond acceptors (Lipinski definition) is 2. The minimum Gasteiger partial charge on any atom is -0.234 e. The molecule has 0 saturated heterocycles. The van der Waals surface area contributed by atoms with Crippen LogP contribution in [-0.4, -0.2) is 9.97 Å². The zero-order valence-electron chi connectivity index (χ0n) is 23.1. The van der Waals surface area contributed by atoms with Crippen LogP contribution in [0.25, 0.3) is 11.4 Å². The fourth-order valence-electron chi connectivity index (χ4n) is 4.84. The van der Waals surface area contributed by atoms with Crippen LogP contribution in [0.5, 0.6) is 0 Å². The molecule has 202 valence electrons. The Bertz CT molecular complexity index is 767. The summed E-state index contributed by atoms with van der Waals surface area (Å²) in [7, 11) is 0. The van der Waals surface area contributed by atoms with Gasteiger partial charge in [0.15, 0.2) is 0 Å². The maximum Gasteiger partial charge on any atom is 0.133 e. The molecule has 0 aromatic carbocycles. The first-order chi connectivity index (χ1) is 17.7. The minimum absolute atomic E-state index is 0.601. The predicted molar refractivity (Wildman–Crippen MR) is 159 cm³/mol. The van der Waals surface area contributed by atoms with Crippen molar-refractivity contribution in [1.82, 2.24) is 9.97 Å². The van der Waals surface area contributed by atoms with Gasteiger partial charge in [0, 0.05) is 0 Å². The van der Waals surface area contributed by atoms with Crippen LogP contribution < -0.4 is 0 Å². The molecule has 0 radical (unpaired) electrons. The molecule has 0 saturated carbocycles. The van der Waals surface area contributed by atoms with Gasteiger partial charge in [-0.05, 0) is 48.9 Å². The number of unbranched alkanes of at least 4 members (excludes halogenated alkanes) is 16. The van der Waals surface area contributed by atoms with Crippen molar-refractivity contribution in [3.8, 4) is 11.4 Å². The summed E-state index contributed by atoms with van der Waals surface area (Å²) in [5.41, 5.74) is 3.87. The van der Waals surface area contributed by atoms with E-state index in [4.69, 9.17) is 23.2 Å². The van der Waals surface area contributed by atoms with E-state index in [2.05, 4.69) is 35.9 Å². The van der Waals surface area contributed by atoms with E-state index in [1.54, 1.807) is 0 Å². The van der Waals surface area contributed by atoms with Crippen molar-refractivity contribution in [3.05, 3.63) is 45.7 Å². The van der Waals surface area contributed by atoms with Crippen LogP contribution in [0.2, 0.25) is 10.3 Å². The summed E-state index contributed by atoms with van der Waals surface area (Å²) in [4.78, 5) is 9.28. The van der Waals surface area contributed by atoms with Gasteiger partial charge < -0.3 is 0 Å². The Balaban J connectivity index is 1.70. The summed E-state index contributed by atoms with van der Waals surface area (Å²) >= 11 is 13.1. The van der Waals surface area contributed by atoms with Crippen molar-refractivity contribution in [2.24, 2.45) is 0 Å². The zero-order valence-corrected chi connectivity index (χ0v) is 24.6. The minimum atomic E-state index is 0.601. The second kappa shape index (κ2) is 19.9. The molecule has 2 nitrogen and oxygen atoms in total. The number of aromatic nitrogens is 2. The molecule has 0 N–H and O–H groups in total. The van der Waals surface area contributed by atoms with Gasteiger partial charge in [-0.1, -0.05) is 152 Å². The molecule has 0 aliphatic carbocycles. The number of halogens is 2. The standard InChI is InChI=1S/C32H50Cl2N2/c1-3-5-7-9-11-13-15-17-19-21-27-23-25-29(35-31(27)33)30-26-24-28(32(34)36-30)22-20-18-16-14-12-10-8-6-4-2/h23-26H,3-22H2,1-2H3. The molecule has 0 aliphatic rings. The van der Waals surface area contributed by atoms with E-state index in [0.717, 1.165) is 35.4 Å². The highest BCUT2D eigenvalue weighted by molar-refractivity contribution is 6.30. The van der Waals surface area contributed by atoms with Gasteiger partial charge in [0.05, 0.1) is 11.4 Å². The lowest BCUT2D eigenvalue weighted by atomic mass is 10.0. The Hall–Kier alpha value is -1.12. The number of rotatable bonds is 21. The van der Waals surface area contributed by atoms with Gasteiger partial charge in [-0.15, -0.1) is 0 Å². The zero-order chi connectivity index (χ0) is 25.8. The SMILES string of the molecule is CCCCCCCCCCCc1ccc(-c2ccc(CCCCCCCCCCC)c(Cl)n2)nc1Cl. The van der Waals surface area contributed by atoms with Crippen molar-refractivity contribution in [2.45, 2.75) is 142 Å². The van der Waals surface area contributed by atoms with Crippen molar-refractivity contribution in [3.63, 3.8) is 0 Å². The summed E-state index contributed by atoms with van der Waals surface area (Å²) in [6, 6.07) is 8.30. The van der Waals surface area contributed by atoms with Crippen LogP contribution in [0, 0.1) is 0 Å². The predicted octanol–water partition coefficient (Wildman–Crippen LogP) is 11.6. The lowest BCUT2D eigenvalue weighted by Crippen LogP contribution is -1.96. The Morgan fingerprint density at radius 3 is 1.06 bits per heavy atom. The third-order valence-corrected chi connectivity index (χ3v) is 7.87. The third kappa shape index (κ3) is 12.9. The molecule has 0 spiro atoms. The van der Waals surface area contributed by atoms with Gasteiger partial charge in [-0.25, -0.2) is 9.97 Å². The quantitative estimate of drug-likeness (QED) is 0.118. The molecule has 0 bridgehead atoms. The first kappa shape index (κ1) is 31.1. The average Bonchev–Trinajstić information content (AvgIpc) is 2.88. The Labute approximate surface area is 232 Å². The Morgan fingerprint density at radius 1 is 0.444 bits per heavy atom. The second-order valence-electron chi connectivity index (χ2n) is 10.4. The lowest BCUT2D eigenvalue weighted by molar-refractivity contribution is 0.564. The first-order valence-electron chi connectivity index (χ1n) is 15.0. The molecule has 2 heterocycles. The number of hydrogen-bond donors (Lipinski definition) is 0. The van der Waals surface area contributed by atoms with Crippen molar-refractivity contribution >= 4 is 23.2 Å². The van der Waals surface area contributed by atoms with Crippen molar-refractivity contribution in [1.29, 1.82) is 0 Å². The summed E-state index contributed by atoms with van der Waals surface area (Å²) in [6.45, 7) is 4.54. The molecule has 0 fully saturated rings. The van der Waals surface area contributed by atoms with Crippen molar-refractivity contribution in [2.75, 3.05) is 0 Å². The molecule has 0 unspecified atom stereocenters. The molecule has 0 amide bonds. The lowest BCUT2D eigenvalue weighted by Gasteiger charge is -2.09. The van der Waals surface area contributed by atoms with Crippen LogP contribution in [0.15, 0.2) is 24.3 Å². The van der Waals surface area contributed by atoms with Crippen LogP contribution in [0.3, 0.4) is 0 Å². The van der Waals surface area contributed by atoms with Gasteiger partial charge in [-0.3, -0.25) is 0 Å². The number of pyridine rings is 2. The molecule has 0 atom stereocenters. The molecule has 4 heteroatoms. The summed E-state index contributed by atoms with van der Waals surface area (Å²) in [5.74, 6) is 0. The van der Waals surface area contributed by atoms with Gasteiger partial charge in [0.1, 0.15) is 10.3 Å². The molecule has 2 aromatic rings. The topological polar surface area (TPSA) is 25.8 Å². The summed E-state index contributed by atoms with van der Waals surface area (Å²) in [6.07, 6.45) is 26.0. The average molecular weight is 534 g/mol. The van der Waals surface area contributed by atoms with E-state index in [0.29, 0.717) is 10.3 Å². The largest absolute Gasteiger partial charge is 0.234 e. The molecule has 2 aromatic heterocycles. The van der Waals surface area contributed by atoms with Gasteiger partial charge in [-0.2, -0.15) is 0 Å². The van der Waals surface area contributed by atoms with Crippen LogP contribution >= 0.6 is 23.2 Å². The van der Waals surface area contributed by atoms with E-state index in [1.165, 1.54) is 116 Å². The van der Waals surface area contributed by atoms with Crippen molar-refractivity contribution < 1.29 is 0 Å². The van der Waals surface area contributed by atoms with E-state index in [-0.39, 0.29) is 0 Å². The Morgan fingerprint density at radius 2 is 0.750 bits per heavy atom. The van der Waals surface area contributed by atoms with Gasteiger partial charge in [0.2, 0.25) is 0 Å². The normalized spacial score (nSPS) is 11.3. The maximum atomic E-state index is 6.54. The highest BCUT2D eigenvalue weighted by atomic mass is 35.5. The smallest absolute Gasteiger partial charge is 0.133 e. The highest BCUT2D eigenvalue weighted by Crippen LogP contribution is 2.26. The maximum absolute atomic E-state index is 6.54. The molecule has 0 aliphatic heterocycles. The van der Waals surface area contributed by atoms with E-state index in [1.807, 2.05) is 12.1 Å². The number of nitrogens with zero attached hydrogens (tertiary/aromatic N) is 2. The van der Waals surface area contributed by atoms with Gasteiger partial charge in [0.25, 0.3) is 0 Å². The molecule has 2 rings (SSSR count). The highest BCUT2D eigenvalue weighted by Gasteiger charge is 2.10. The number of aryl methyl sites for hydroxylation is 2. The van der Waals surface area contributed by atoms with Crippen LogP contribution in [-0.2, 0) is 12.8 Å². The van der Waals surface area contributed by atoms with E-state index in [9.17, 15) is 0 Å². The van der Waals surface area contributed by atoms with E-state index < -0.39 is 0 Å². The van der Waals surface area contributed by atoms with Crippen LogP contribution in [0.1, 0.15) is 141 Å². The summed E-state index contributed by atoms with van der Waals surface area (Å²) in [5, 5.41) is 1.20. The fourth-order valence-corrected chi connectivity index (χ4v) is 5.33. The fraction of sp³-hybridized carbons (Fsp3) is 0.688. The molecule has 36 heavy (non-hydrogen) atoms. The third-order valence-electron chi connectivity index (χ3n) is 7.21. The molecular weight excluding hydrogens is 483 g/mol. The first-order valence-corrected chi connectivity index (χ1v) is 15.7. The van der Waals surface area contributed by atoms with E-state index >= 15 is 0 Å². The summed E-state index contributed by atoms with van der Waals surface area (Å²) < 4.78 is 0. The van der Waals surface area contributed by atoms with Crippen LogP contribution in [0.4, 0.5) is 0 Å². The monoisotopic (exact) mass is 532 g/mol. The Kier molecular flexibility index (Phi) is 17.2. The van der Waals surface area contributed by atoms with Gasteiger partial charge >= 0.3 is 0 Å². The second-order valence-corrected chi connectivity index (χ2v) is 11.2.